The maximum Gasteiger partial charge on any atom is 0.262 e. The van der Waals surface area contributed by atoms with Gasteiger partial charge in [0.25, 0.3) is 5.91 Å². The van der Waals surface area contributed by atoms with E-state index < -0.39 is 6.04 Å². The average Bonchev–Trinajstić information content (AvgIpc) is 3.24. The Hall–Kier alpha value is -1.74. The van der Waals surface area contributed by atoms with Crippen LogP contribution < -0.4 is 10.6 Å². The van der Waals surface area contributed by atoms with Crippen molar-refractivity contribution in [3.63, 3.8) is 0 Å². The Labute approximate surface area is 177 Å². The van der Waals surface area contributed by atoms with Gasteiger partial charge in [-0.05, 0) is 52.7 Å². The molecule has 0 saturated heterocycles. The van der Waals surface area contributed by atoms with Gasteiger partial charge in [0.2, 0.25) is 5.91 Å². The summed E-state index contributed by atoms with van der Waals surface area (Å²) in [4.78, 5) is 30.2. The first-order chi connectivity index (χ1) is 12.9. The molecule has 0 fully saturated rings. The number of amides is 2. The van der Waals surface area contributed by atoms with Crippen molar-refractivity contribution in [2.24, 2.45) is 0 Å². The number of aromatic nitrogens is 1. The van der Waals surface area contributed by atoms with E-state index >= 15 is 0 Å². The predicted molar refractivity (Wildman–Crippen MR) is 114 cm³/mol. The minimum absolute atomic E-state index is 0.283. The molecule has 5 nitrogen and oxygen atoms in total. The summed E-state index contributed by atoms with van der Waals surface area (Å²) in [5.41, 5.74) is 1.08. The minimum Gasteiger partial charge on any atom is -0.340 e. The zero-order valence-corrected chi connectivity index (χ0v) is 18.1. The van der Waals surface area contributed by atoms with E-state index in [2.05, 4.69) is 31.5 Å². The standard InChI is InChI=1S/C18H15BrClN3O2S2/c1-10(22-17(25)14-5-6-15(19)27-14)16(24)23-18-21-9-13(26-18)8-11-3-2-4-12(20)7-11/h2-7,9-10H,8H2,1H3,(H,22,25)(H,21,23,24). The van der Waals surface area contributed by atoms with Crippen molar-refractivity contribution in [1.82, 2.24) is 10.3 Å². The highest BCUT2D eigenvalue weighted by molar-refractivity contribution is 9.11. The molecule has 0 aliphatic rings. The summed E-state index contributed by atoms with van der Waals surface area (Å²) >= 11 is 12.0. The van der Waals surface area contributed by atoms with E-state index in [4.69, 9.17) is 11.6 Å². The van der Waals surface area contributed by atoms with Gasteiger partial charge in [0.1, 0.15) is 6.04 Å². The Morgan fingerprint density at radius 3 is 2.78 bits per heavy atom. The first-order valence-electron chi connectivity index (χ1n) is 7.97. The van der Waals surface area contributed by atoms with Crippen molar-refractivity contribution >= 4 is 67.2 Å². The van der Waals surface area contributed by atoms with Crippen LogP contribution in [0.5, 0.6) is 0 Å². The number of hydrogen-bond acceptors (Lipinski definition) is 5. The molecule has 0 radical (unpaired) electrons. The lowest BCUT2D eigenvalue weighted by atomic mass is 10.1. The fourth-order valence-corrected chi connectivity index (χ4v) is 4.63. The molecule has 1 aromatic carbocycles. The molecule has 9 heteroatoms. The number of thiazole rings is 1. The molecule has 27 heavy (non-hydrogen) atoms. The molecule has 1 atom stereocenters. The zero-order valence-electron chi connectivity index (χ0n) is 14.2. The third-order valence-corrected chi connectivity index (χ3v) is 6.36. The van der Waals surface area contributed by atoms with Gasteiger partial charge < -0.3 is 10.6 Å². The number of thiophene rings is 1. The molecule has 2 N–H and O–H groups in total. The fourth-order valence-electron chi connectivity index (χ4n) is 2.28. The van der Waals surface area contributed by atoms with E-state index in [1.165, 1.54) is 22.7 Å². The molecule has 0 aliphatic carbocycles. The number of nitrogens with zero attached hydrogens (tertiary/aromatic N) is 1. The lowest BCUT2D eigenvalue weighted by molar-refractivity contribution is -0.117. The number of carbonyl (C=O) groups excluding carboxylic acids is 2. The van der Waals surface area contributed by atoms with Crippen LogP contribution in [0.15, 0.2) is 46.4 Å². The maximum atomic E-state index is 12.3. The third kappa shape index (κ3) is 5.62. The lowest BCUT2D eigenvalue weighted by Crippen LogP contribution is -2.41. The Balaban J connectivity index is 1.56. The number of anilines is 1. The number of benzene rings is 1. The number of carbonyl (C=O) groups is 2. The third-order valence-electron chi connectivity index (χ3n) is 3.59. The predicted octanol–water partition coefficient (Wildman–Crippen LogP) is 4.97. The van der Waals surface area contributed by atoms with Crippen molar-refractivity contribution in [3.8, 4) is 0 Å². The summed E-state index contributed by atoms with van der Waals surface area (Å²) in [7, 11) is 0. The van der Waals surface area contributed by atoms with Gasteiger partial charge in [-0.25, -0.2) is 4.98 Å². The first-order valence-corrected chi connectivity index (χ1v) is 10.8. The highest BCUT2D eigenvalue weighted by Gasteiger charge is 2.19. The second-order valence-corrected chi connectivity index (χ2v) is 9.74. The van der Waals surface area contributed by atoms with Crippen LogP contribution in [0.1, 0.15) is 27.0 Å². The molecular weight excluding hydrogens is 470 g/mol. The highest BCUT2D eigenvalue weighted by Crippen LogP contribution is 2.23. The van der Waals surface area contributed by atoms with Gasteiger partial charge in [-0.2, -0.15) is 0 Å². The highest BCUT2D eigenvalue weighted by atomic mass is 79.9. The van der Waals surface area contributed by atoms with E-state index in [1.807, 2.05) is 24.3 Å². The second-order valence-electron chi connectivity index (χ2n) is 5.73. The smallest absolute Gasteiger partial charge is 0.262 e. The lowest BCUT2D eigenvalue weighted by Gasteiger charge is -2.12. The van der Waals surface area contributed by atoms with E-state index in [1.54, 1.807) is 25.3 Å². The Bertz CT molecular complexity index is 973. The molecule has 3 aromatic rings. The number of rotatable bonds is 6. The Morgan fingerprint density at radius 1 is 1.26 bits per heavy atom. The van der Waals surface area contributed by atoms with Crippen LogP contribution in [-0.4, -0.2) is 22.8 Å². The minimum atomic E-state index is -0.682. The zero-order chi connectivity index (χ0) is 19.4. The molecule has 2 heterocycles. The van der Waals surface area contributed by atoms with Gasteiger partial charge in [0, 0.05) is 22.5 Å². The van der Waals surface area contributed by atoms with Crippen LogP contribution in [0.25, 0.3) is 0 Å². The van der Waals surface area contributed by atoms with Crippen molar-refractivity contribution in [2.45, 2.75) is 19.4 Å². The summed E-state index contributed by atoms with van der Waals surface area (Å²) in [6.07, 6.45) is 2.42. The van der Waals surface area contributed by atoms with Gasteiger partial charge in [-0.1, -0.05) is 23.7 Å². The summed E-state index contributed by atoms with van der Waals surface area (Å²) < 4.78 is 0.861. The Morgan fingerprint density at radius 2 is 2.07 bits per heavy atom. The first kappa shape index (κ1) is 20.0. The summed E-state index contributed by atoms with van der Waals surface area (Å²) in [5, 5.41) is 6.61. The van der Waals surface area contributed by atoms with Crippen molar-refractivity contribution in [3.05, 3.63) is 66.7 Å². The van der Waals surface area contributed by atoms with Crippen LogP contribution in [0, 0.1) is 0 Å². The normalized spacial score (nSPS) is 11.8. The molecule has 1 unspecified atom stereocenters. The van der Waals surface area contributed by atoms with Gasteiger partial charge in [-0.15, -0.1) is 22.7 Å². The fraction of sp³-hybridized carbons (Fsp3) is 0.167. The van der Waals surface area contributed by atoms with Crippen molar-refractivity contribution < 1.29 is 9.59 Å². The molecule has 3 rings (SSSR count). The van der Waals surface area contributed by atoms with Gasteiger partial charge in [0.15, 0.2) is 5.13 Å². The maximum absolute atomic E-state index is 12.3. The van der Waals surface area contributed by atoms with Crippen LogP contribution in [-0.2, 0) is 11.2 Å². The van der Waals surface area contributed by atoms with E-state index in [0.29, 0.717) is 21.5 Å². The van der Waals surface area contributed by atoms with Crippen LogP contribution in [0.3, 0.4) is 0 Å². The summed E-state index contributed by atoms with van der Waals surface area (Å²) in [5.74, 6) is -0.600. The Kier molecular flexibility index (Phi) is 6.64. The number of halogens is 2. The molecule has 0 spiro atoms. The molecule has 140 valence electrons. The van der Waals surface area contributed by atoms with Gasteiger partial charge >= 0.3 is 0 Å². The summed E-state index contributed by atoms with van der Waals surface area (Å²) in [6, 6.07) is 10.4. The number of hydrogen-bond donors (Lipinski definition) is 2. The van der Waals surface area contributed by atoms with Crippen molar-refractivity contribution in [1.29, 1.82) is 0 Å². The van der Waals surface area contributed by atoms with E-state index in [-0.39, 0.29) is 11.8 Å². The largest absolute Gasteiger partial charge is 0.340 e. The SMILES string of the molecule is CC(NC(=O)c1ccc(Br)s1)C(=O)Nc1ncc(Cc2cccc(Cl)c2)s1. The summed E-state index contributed by atoms with van der Waals surface area (Å²) in [6.45, 7) is 1.64. The van der Waals surface area contributed by atoms with Gasteiger partial charge in [0.05, 0.1) is 8.66 Å². The van der Waals surface area contributed by atoms with Gasteiger partial charge in [-0.3, -0.25) is 9.59 Å². The average molecular weight is 485 g/mol. The molecule has 0 bridgehead atoms. The molecular formula is C18H15BrClN3O2S2. The molecule has 0 saturated carbocycles. The van der Waals surface area contributed by atoms with Crippen LogP contribution in [0.2, 0.25) is 5.02 Å². The van der Waals surface area contributed by atoms with Crippen LogP contribution >= 0.6 is 50.2 Å². The quantitative estimate of drug-likeness (QED) is 0.519. The monoisotopic (exact) mass is 483 g/mol. The number of nitrogens with one attached hydrogen (secondary N) is 2. The topological polar surface area (TPSA) is 71.1 Å². The molecule has 2 amide bonds. The molecule has 0 aliphatic heterocycles. The van der Waals surface area contributed by atoms with E-state index in [0.717, 1.165) is 14.2 Å². The second kappa shape index (κ2) is 8.97. The molecule has 2 aromatic heterocycles. The van der Waals surface area contributed by atoms with E-state index in [9.17, 15) is 9.59 Å². The van der Waals surface area contributed by atoms with Crippen LogP contribution in [0.4, 0.5) is 5.13 Å². The van der Waals surface area contributed by atoms with Crippen molar-refractivity contribution in [2.75, 3.05) is 5.32 Å².